The summed E-state index contributed by atoms with van der Waals surface area (Å²) in [5.41, 5.74) is 0.871. The third kappa shape index (κ3) is 4.64. The maximum absolute atomic E-state index is 11.6. The van der Waals surface area contributed by atoms with E-state index in [-0.39, 0.29) is 5.91 Å². The molecule has 104 valence electrons. The lowest BCUT2D eigenvalue weighted by Crippen LogP contribution is -2.23. The van der Waals surface area contributed by atoms with E-state index in [1.807, 2.05) is 47.8 Å². The van der Waals surface area contributed by atoms with Crippen molar-refractivity contribution >= 4 is 23.3 Å². The maximum Gasteiger partial charge on any atom is 0.244 e. The van der Waals surface area contributed by atoms with Crippen LogP contribution in [0, 0.1) is 0 Å². The van der Waals surface area contributed by atoms with Crippen molar-refractivity contribution < 1.29 is 9.90 Å². The van der Waals surface area contributed by atoms with Gasteiger partial charge in [-0.15, -0.1) is 11.3 Å². The Morgan fingerprint density at radius 1 is 1.25 bits per heavy atom. The van der Waals surface area contributed by atoms with Crippen LogP contribution in [0.4, 0.5) is 0 Å². The SMILES string of the molecule is O=C(C=Cc1cccs1)NCCC(O)c1ccccc1. The molecule has 0 fully saturated rings. The van der Waals surface area contributed by atoms with E-state index in [1.165, 1.54) is 6.08 Å². The molecule has 4 heteroatoms. The van der Waals surface area contributed by atoms with Gasteiger partial charge in [-0.25, -0.2) is 0 Å². The molecule has 1 aromatic heterocycles. The molecule has 0 spiro atoms. The summed E-state index contributed by atoms with van der Waals surface area (Å²) in [6, 6.07) is 13.3. The van der Waals surface area contributed by atoms with Gasteiger partial charge in [0.05, 0.1) is 6.10 Å². The Hall–Kier alpha value is -1.91. The second-order valence-electron chi connectivity index (χ2n) is 4.35. The molecule has 0 aliphatic rings. The number of aliphatic hydroxyl groups is 1. The highest BCUT2D eigenvalue weighted by Gasteiger charge is 2.06. The van der Waals surface area contributed by atoms with Crippen LogP contribution in [0.3, 0.4) is 0 Å². The molecule has 2 aromatic rings. The van der Waals surface area contributed by atoms with Crippen LogP contribution in [-0.4, -0.2) is 17.6 Å². The monoisotopic (exact) mass is 287 g/mol. The van der Waals surface area contributed by atoms with Crippen molar-refractivity contribution in [1.29, 1.82) is 0 Å². The summed E-state index contributed by atoms with van der Waals surface area (Å²) in [5, 5.41) is 14.7. The number of amides is 1. The summed E-state index contributed by atoms with van der Waals surface area (Å²) in [4.78, 5) is 12.6. The number of aliphatic hydroxyl groups excluding tert-OH is 1. The van der Waals surface area contributed by atoms with Crippen LogP contribution in [0.15, 0.2) is 53.9 Å². The first-order chi connectivity index (χ1) is 9.75. The zero-order chi connectivity index (χ0) is 14.2. The van der Waals surface area contributed by atoms with Crippen molar-refractivity contribution in [2.45, 2.75) is 12.5 Å². The molecule has 1 atom stereocenters. The van der Waals surface area contributed by atoms with Gasteiger partial charge in [0.2, 0.25) is 5.91 Å². The fourth-order valence-corrected chi connectivity index (χ4v) is 2.39. The molecule has 1 aromatic carbocycles. The third-order valence-corrected chi connectivity index (χ3v) is 3.68. The molecule has 0 aliphatic carbocycles. The van der Waals surface area contributed by atoms with E-state index in [0.717, 1.165) is 10.4 Å². The van der Waals surface area contributed by atoms with E-state index in [0.29, 0.717) is 13.0 Å². The minimum absolute atomic E-state index is 0.140. The molecule has 1 unspecified atom stereocenters. The van der Waals surface area contributed by atoms with Crippen molar-refractivity contribution in [2.24, 2.45) is 0 Å². The fraction of sp³-hybridized carbons (Fsp3) is 0.188. The number of nitrogens with one attached hydrogen (secondary N) is 1. The van der Waals surface area contributed by atoms with Gasteiger partial charge < -0.3 is 10.4 Å². The molecule has 0 bridgehead atoms. The van der Waals surface area contributed by atoms with E-state index in [1.54, 1.807) is 17.4 Å². The lowest BCUT2D eigenvalue weighted by molar-refractivity contribution is -0.116. The third-order valence-electron chi connectivity index (χ3n) is 2.84. The van der Waals surface area contributed by atoms with Crippen molar-refractivity contribution in [3.63, 3.8) is 0 Å². The fourth-order valence-electron chi connectivity index (χ4n) is 1.78. The Kier molecular flexibility index (Phi) is 5.53. The van der Waals surface area contributed by atoms with E-state index >= 15 is 0 Å². The lowest BCUT2D eigenvalue weighted by atomic mass is 10.1. The minimum Gasteiger partial charge on any atom is -0.388 e. The van der Waals surface area contributed by atoms with Crippen molar-refractivity contribution in [3.8, 4) is 0 Å². The summed E-state index contributed by atoms with van der Waals surface area (Å²) >= 11 is 1.58. The van der Waals surface area contributed by atoms with Crippen LogP contribution < -0.4 is 5.32 Å². The number of hydrogen-bond donors (Lipinski definition) is 2. The average molecular weight is 287 g/mol. The summed E-state index contributed by atoms with van der Waals surface area (Å²) in [6.07, 6.45) is 3.26. The summed E-state index contributed by atoms with van der Waals surface area (Å²) in [7, 11) is 0. The Labute approximate surface area is 122 Å². The van der Waals surface area contributed by atoms with Gasteiger partial charge in [0.15, 0.2) is 0 Å². The van der Waals surface area contributed by atoms with Crippen LogP contribution in [-0.2, 0) is 4.79 Å². The number of benzene rings is 1. The van der Waals surface area contributed by atoms with Crippen molar-refractivity contribution in [2.75, 3.05) is 6.54 Å². The van der Waals surface area contributed by atoms with Crippen LogP contribution >= 0.6 is 11.3 Å². The first-order valence-corrected chi connectivity index (χ1v) is 7.36. The van der Waals surface area contributed by atoms with Gasteiger partial charge in [0, 0.05) is 17.5 Å². The second kappa shape index (κ2) is 7.62. The highest BCUT2D eigenvalue weighted by molar-refractivity contribution is 7.10. The largest absolute Gasteiger partial charge is 0.388 e. The smallest absolute Gasteiger partial charge is 0.244 e. The Morgan fingerprint density at radius 3 is 2.75 bits per heavy atom. The molecular formula is C16H17NO2S. The molecule has 20 heavy (non-hydrogen) atoms. The van der Waals surface area contributed by atoms with Crippen molar-refractivity contribution in [1.82, 2.24) is 5.32 Å². The number of hydrogen-bond acceptors (Lipinski definition) is 3. The molecule has 1 heterocycles. The number of rotatable bonds is 6. The van der Waals surface area contributed by atoms with Gasteiger partial charge in [0.25, 0.3) is 0 Å². The standard InChI is InChI=1S/C16H17NO2S/c18-15(13-5-2-1-3-6-13)10-11-17-16(19)9-8-14-7-4-12-20-14/h1-9,12,15,18H,10-11H2,(H,17,19). The van der Waals surface area contributed by atoms with Crippen molar-refractivity contribution in [3.05, 3.63) is 64.4 Å². The molecule has 0 saturated carbocycles. The van der Waals surface area contributed by atoms with Crippen LogP contribution in [0.2, 0.25) is 0 Å². The van der Waals surface area contributed by atoms with Crippen LogP contribution in [0.25, 0.3) is 6.08 Å². The lowest BCUT2D eigenvalue weighted by Gasteiger charge is -2.10. The predicted molar refractivity (Wildman–Crippen MR) is 82.4 cm³/mol. The Morgan fingerprint density at radius 2 is 2.05 bits per heavy atom. The molecule has 0 aliphatic heterocycles. The number of carbonyl (C=O) groups excluding carboxylic acids is 1. The average Bonchev–Trinajstić information content (AvgIpc) is 2.99. The zero-order valence-electron chi connectivity index (χ0n) is 11.0. The molecule has 3 nitrogen and oxygen atoms in total. The molecular weight excluding hydrogens is 270 g/mol. The predicted octanol–water partition coefficient (Wildman–Crippen LogP) is 3.00. The first-order valence-electron chi connectivity index (χ1n) is 6.48. The van der Waals surface area contributed by atoms with Gasteiger partial charge >= 0.3 is 0 Å². The summed E-state index contributed by atoms with van der Waals surface area (Å²) in [6.45, 7) is 0.448. The quantitative estimate of drug-likeness (QED) is 0.802. The molecule has 0 radical (unpaired) electrons. The number of carbonyl (C=O) groups is 1. The van der Waals surface area contributed by atoms with E-state index in [4.69, 9.17) is 0 Å². The highest BCUT2D eigenvalue weighted by atomic mass is 32.1. The minimum atomic E-state index is -0.544. The molecule has 0 saturated heterocycles. The summed E-state index contributed by atoms with van der Waals surface area (Å²) < 4.78 is 0. The second-order valence-corrected chi connectivity index (χ2v) is 5.33. The van der Waals surface area contributed by atoms with Crippen LogP contribution in [0.5, 0.6) is 0 Å². The van der Waals surface area contributed by atoms with E-state index < -0.39 is 6.10 Å². The zero-order valence-corrected chi connectivity index (χ0v) is 11.8. The van der Waals surface area contributed by atoms with Gasteiger partial charge in [-0.05, 0) is 29.5 Å². The molecule has 2 N–H and O–H groups in total. The molecule has 1 amide bonds. The maximum atomic E-state index is 11.6. The number of thiophene rings is 1. The van der Waals surface area contributed by atoms with E-state index in [9.17, 15) is 9.90 Å². The van der Waals surface area contributed by atoms with Crippen LogP contribution in [0.1, 0.15) is 23.0 Å². The highest BCUT2D eigenvalue weighted by Crippen LogP contribution is 2.14. The Balaban J connectivity index is 1.72. The van der Waals surface area contributed by atoms with Gasteiger partial charge in [0.1, 0.15) is 0 Å². The summed E-state index contributed by atoms with van der Waals surface area (Å²) in [5.74, 6) is -0.140. The van der Waals surface area contributed by atoms with Gasteiger partial charge in [-0.2, -0.15) is 0 Å². The van der Waals surface area contributed by atoms with Gasteiger partial charge in [-0.1, -0.05) is 36.4 Å². The topological polar surface area (TPSA) is 49.3 Å². The Bertz CT molecular complexity index is 549. The normalized spacial score (nSPS) is 12.4. The van der Waals surface area contributed by atoms with Gasteiger partial charge in [-0.3, -0.25) is 4.79 Å². The van der Waals surface area contributed by atoms with E-state index in [2.05, 4.69) is 5.32 Å². The molecule has 2 rings (SSSR count). The first kappa shape index (κ1) is 14.5.